The summed E-state index contributed by atoms with van der Waals surface area (Å²) in [6, 6.07) is 0. The maximum atomic E-state index is 5.71. The summed E-state index contributed by atoms with van der Waals surface area (Å²) in [4.78, 5) is 9.96. The van der Waals surface area contributed by atoms with E-state index in [1.54, 1.807) is 22.7 Å². The van der Waals surface area contributed by atoms with Gasteiger partial charge in [0.1, 0.15) is 5.01 Å². The van der Waals surface area contributed by atoms with Gasteiger partial charge in [-0.2, -0.15) is 0 Å². The molecule has 0 saturated carbocycles. The van der Waals surface area contributed by atoms with Gasteiger partial charge in [0.15, 0.2) is 0 Å². The van der Waals surface area contributed by atoms with E-state index in [1.807, 2.05) is 19.2 Å². The minimum Gasteiger partial charge on any atom is -0.246 e. The molecule has 2 aromatic rings. The van der Waals surface area contributed by atoms with Crippen LogP contribution in [0.3, 0.4) is 0 Å². The van der Waals surface area contributed by atoms with Crippen molar-refractivity contribution in [1.82, 2.24) is 9.97 Å². The van der Waals surface area contributed by atoms with Crippen molar-refractivity contribution < 1.29 is 0 Å². The van der Waals surface area contributed by atoms with Crippen LogP contribution in [0.4, 0.5) is 0 Å². The molecule has 0 aliphatic rings. The number of halogens is 1. The standard InChI is InChI=1S/C9H9ClN2S2/c1-5-9(14-6(2)11-5)7-4-13-8(3-10)12-7/h4H,3H2,1-2H3. The molecule has 0 radical (unpaired) electrons. The summed E-state index contributed by atoms with van der Waals surface area (Å²) in [5, 5.41) is 4.09. The zero-order chi connectivity index (χ0) is 10.1. The first kappa shape index (κ1) is 10.1. The number of alkyl halides is 1. The van der Waals surface area contributed by atoms with Gasteiger partial charge in [-0.05, 0) is 13.8 Å². The van der Waals surface area contributed by atoms with Crippen molar-refractivity contribution in [3.05, 3.63) is 21.1 Å². The molecule has 5 heteroatoms. The highest BCUT2D eigenvalue weighted by Gasteiger charge is 2.10. The van der Waals surface area contributed by atoms with Crippen molar-refractivity contribution in [3.63, 3.8) is 0 Å². The Balaban J connectivity index is 2.43. The van der Waals surface area contributed by atoms with Gasteiger partial charge in [-0.15, -0.1) is 34.3 Å². The van der Waals surface area contributed by atoms with E-state index in [0.29, 0.717) is 5.88 Å². The van der Waals surface area contributed by atoms with Gasteiger partial charge in [0.25, 0.3) is 0 Å². The lowest BCUT2D eigenvalue weighted by atomic mass is 10.3. The van der Waals surface area contributed by atoms with Crippen LogP contribution in [0, 0.1) is 13.8 Å². The Labute approximate surface area is 95.6 Å². The van der Waals surface area contributed by atoms with E-state index in [9.17, 15) is 0 Å². The first-order valence-corrected chi connectivity index (χ1v) is 6.38. The number of thiazole rings is 2. The molecule has 0 N–H and O–H groups in total. The number of aromatic nitrogens is 2. The molecule has 0 unspecified atom stereocenters. The minimum atomic E-state index is 0.488. The molecule has 0 fully saturated rings. The van der Waals surface area contributed by atoms with Crippen molar-refractivity contribution >= 4 is 34.3 Å². The van der Waals surface area contributed by atoms with E-state index in [2.05, 4.69) is 9.97 Å². The monoisotopic (exact) mass is 244 g/mol. The Kier molecular flexibility index (Phi) is 2.85. The molecule has 0 aromatic carbocycles. The Hall–Kier alpha value is -0.450. The van der Waals surface area contributed by atoms with Crippen LogP contribution in [-0.4, -0.2) is 9.97 Å². The van der Waals surface area contributed by atoms with E-state index >= 15 is 0 Å². The second-order valence-electron chi connectivity index (χ2n) is 2.91. The van der Waals surface area contributed by atoms with Crippen LogP contribution in [0.25, 0.3) is 10.6 Å². The molecule has 74 valence electrons. The van der Waals surface area contributed by atoms with Crippen molar-refractivity contribution in [1.29, 1.82) is 0 Å². The van der Waals surface area contributed by atoms with Crippen LogP contribution >= 0.6 is 34.3 Å². The highest BCUT2D eigenvalue weighted by Crippen LogP contribution is 2.30. The van der Waals surface area contributed by atoms with Crippen molar-refractivity contribution in [2.24, 2.45) is 0 Å². The third kappa shape index (κ3) is 1.82. The number of aryl methyl sites for hydroxylation is 2. The average molecular weight is 245 g/mol. The molecule has 0 amide bonds. The third-order valence-electron chi connectivity index (χ3n) is 1.80. The number of rotatable bonds is 2. The van der Waals surface area contributed by atoms with Gasteiger partial charge in [-0.25, -0.2) is 9.97 Å². The fraction of sp³-hybridized carbons (Fsp3) is 0.333. The smallest absolute Gasteiger partial charge is 0.108 e. The Bertz CT molecular complexity index is 447. The molecular formula is C9H9ClN2S2. The van der Waals surface area contributed by atoms with E-state index in [4.69, 9.17) is 11.6 Å². The van der Waals surface area contributed by atoms with Crippen LogP contribution in [0.2, 0.25) is 0 Å². The van der Waals surface area contributed by atoms with Crippen LogP contribution in [0.15, 0.2) is 5.38 Å². The van der Waals surface area contributed by atoms with Gasteiger partial charge >= 0.3 is 0 Å². The van der Waals surface area contributed by atoms with Gasteiger partial charge in [0.05, 0.1) is 27.2 Å². The molecule has 0 saturated heterocycles. The second kappa shape index (κ2) is 3.96. The van der Waals surface area contributed by atoms with Crippen LogP contribution in [-0.2, 0) is 5.88 Å². The fourth-order valence-electron chi connectivity index (χ4n) is 1.25. The van der Waals surface area contributed by atoms with Crippen LogP contribution in [0.5, 0.6) is 0 Å². The summed E-state index contributed by atoms with van der Waals surface area (Å²) >= 11 is 8.99. The molecular weight excluding hydrogens is 236 g/mol. The second-order valence-corrected chi connectivity index (χ2v) is 5.32. The zero-order valence-electron chi connectivity index (χ0n) is 7.87. The quantitative estimate of drug-likeness (QED) is 0.754. The molecule has 0 spiro atoms. The molecule has 2 rings (SSSR count). The average Bonchev–Trinajstić information content (AvgIpc) is 2.71. The third-order valence-corrected chi connectivity index (χ3v) is 4.16. The summed E-state index contributed by atoms with van der Waals surface area (Å²) in [7, 11) is 0. The van der Waals surface area contributed by atoms with E-state index in [0.717, 1.165) is 26.3 Å². The van der Waals surface area contributed by atoms with E-state index in [-0.39, 0.29) is 0 Å². The van der Waals surface area contributed by atoms with Gasteiger partial charge in [0, 0.05) is 5.38 Å². The summed E-state index contributed by atoms with van der Waals surface area (Å²) in [6.07, 6.45) is 0. The maximum Gasteiger partial charge on any atom is 0.108 e. The molecule has 0 aliphatic heterocycles. The van der Waals surface area contributed by atoms with Gasteiger partial charge < -0.3 is 0 Å². The van der Waals surface area contributed by atoms with Crippen molar-refractivity contribution in [3.8, 4) is 10.6 Å². The predicted molar refractivity (Wildman–Crippen MR) is 62.3 cm³/mol. The van der Waals surface area contributed by atoms with Gasteiger partial charge in [0.2, 0.25) is 0 Å². The first-order valence-electron chi connectivity index (χ1n) is 4.15. The lowest BCUT2D eigenvalue weighted by Crippen LogP contribution is -1.79. The first-order chi connectivity index (χ1) is 6.70. The zero-order valence-corrected chi connectivity index (χ0v) is 10.3. The molecule has 2 aromatic heterocycles. The Morgan fingerprint density at radius 3 is 2.64 bits per heavy atom. The summed E-state index contributed by atoms with van der Waals surface area (Å²) in [6.45, 7) is 4.02. The van der Waals surface area contributed by atoms with E-state index in [1.165, 1.54) is 0 Å². The highest BCUT2D eigenvalue weighted by molar-refractivity contribution is 7.16. The van der Waals surface area contributed by atoms with Crippen LogP contribution in [0.1, 0.15) is 15.7 Å². The molecule has 2 nitrogen and oxygen atoms in total. The lowest BCUT2D eigenvalue weighted by molar-refractivity contribution is 1.19. The number of hydrogen-bond donors (Lipinski definition) is 0. The Morgan fingerprint density at radius 2 is 2.14 bits per heavy atom. The van der Waals surface area contributed by atoms with E-state index < -0.39 is 0 Å². The van der Waals surface area contributed by atoms with Gasteiger partial charge in [-0.1, -0.05) is 0 Å². The SMILES string of the molecule is Cc1nc(C)c(-c2csc(CCl)n2)s1. The molecule has 0 atom stereocenters. The summed E-state index contributed by atoms with van der Waals surface area (Å²) < 4.78 is 0. The molecule has 0 aliphatic carbocycles. The summed E-state index contributed by atoms with van der Waals surface area (Å²) in [5.41, 5.74) is 2.06. The van der Waals surface area contributed by atoms with Crippen LogP contribution < -0.4 is 0 Å². The Morgan fingerprint density at radius 1 is 1.36 bits per heavy atom. The van der Waals surface area contributed by atoms with Crippen molar-refractivity contribution in [2.75, 3.05) is 0 Å². The molecule has 14 heavy (non-hydrogen) atoms. The molecule has 0 bridgehead atoms. The fourth-order valence-corrected chi connectivity index (χ4v) is 3.08. The lowest BCUT2D eigenvalue weighted by Gasteiger charge is -1.90. The highest BCUT2D eigenvalue weighted by atomic mass is 35.5. The predicted octanol–water partition coefficient (Wildman–Crippen LogP) is 3.62. The van der Waals surface area contributed by atoms with Gasteiger partial charge in [-0.3, -0.25) is 0 Å². The minimum absolute atomic E-state index is 0.488. The maximum absolute atomic E-state index is 5.71. The topological polar surface area (TPSA) is 25.8 Å². The number of nitrogens with zero attached hydrogens (tertiary/aromatic N) is 2. The summed E-state index contributed by atoms with van der Waals surface area (Å²) in [5.74, 6) is 0.488. The number of hydrogen-bond acceptors (Lipinski definition) is 4. The largest absolute Gasteiger partial charge is 0.246 e. The van der Waals surface area contributed by atoms with Crippen molar-refractivity contribution in [2.45, 2.75) is 19.7 Å². The molecule has 2 heterocycles. The normalized spacial score (nSPS) is 10.8.